The van der Waals surface area contributed by atoms with Crippen LogP contribution in [0.2, 0.25) is 0 Å². The number of nitrogens with zero attached hydrogens (tertiary/aromatic N) is 2. The molecule has 4 nitrogen and oxygen atoms in total. The molecule has 2 atom stereocenters. The van der Waals surface area contributed by atoms with Crippen LogP contribution < -0.4 is 4.74 Å². The Morgan fingerprint density at radius 1 is 1.05 bits per heavy atom. The first-order valence-corrected chi connectivity index (χ1v) is 12.4. The summed E-state index contributed by atoms with van der Waals surface area (Å²) in [5, 5.41) is 11.1. The molecular formula is C26H29BrF6N2O2. The van der Waals surface area contributed by atoms with Crippen LogP contribution in [0.25, 0.3) is 5.57 Å². The zero-order valence-electron chi connectivity index (χ0n) is 21.1. The molecule has 0 radical (unpaired) electrons. The molecule has 204 valence electrons. The van der Waals surface area contributed by atoms with Gasteiger partial charge >= 0.3 is 12.4 Å². The summed E-state index contributed by atoms with van der Waals surface area (Å²) >= 11 is 3.37. The smallest absolute Gasteiger partial charge is 0.416 e. The highest BCUT2D eigenvalue weighted by atomic mass is 79.9. The van der Waals surface area contributed by atoms with Crippen LogP contribution in [-0.2, 0) is 12.4 Å². The number of ether oxygens (including phenoxy) is 1. The van der Waals surface area contributed by atoms with E-state index in [4.69, 9.17) is 4.74 Å². The molecule has 1 N–H and O–H groups in total. The zero-order valence-corrected chi connectivity index (χ0v) is 22.6. The van der Waals surface area contributed by atoms with E-state index in [-0.39, 0.29) is 11.5 Å². The highest BCUT2D eigenvalue weighted by molar-refractivity contribution is 9.10. The molecule has 1 aromatic heterocycles. The summed E-state index contributed by atoms with van der Waals surface area (Å²) in [5.41, 5.74) is -0.977. The van der Waals surface area contributed by atoms with Crippen molar-refractivity contribution in [3.63, 3.8) is 0 Å². The van der Waals surface area contributed by atoms with Crippen molar-refractivity contribution in [1.82, 2.24) is 9.88 Å². The molecule has 0 bridgehead atoms. The van der Waals surface area contributed by atoms with Gasteiger partial charge in [-0.3, -0.25) is 0 Å². The Labute approximate surface area is 220 Å². The third-order valence-corrected chi connectivity index (χ3v) is 7.30. The van der Waals surface area contributed by atoms with Crippen LogP contribution in [-0.4, -0.2) is 35.2 Å². The molecule has 0 aliphatic heterocycles. The molecule has 3 rings (SSSR count). The van der Waals surface area contributed by atoms with Gasteiger partial charge < -0.3 is 14.7 Å². The molecule has 1 aliphatic rings. The Hall–Kier alpha value is -2.27. The maximum absolute atomic E-state index is 13.4. The normalized spacial score (nSPS) is 18.0. The largest absolute Gasteiger partial charge is 0.494 e. The van der Waals surface area contributed by atoms with Crippen LogP contribution >= 0.6 is 15.9 Å². The topological polar surface area (TPSA) is 45.6 Å². The summed E-state index contributed by atoms with van der Waals surface area (Å²) in [7, 11) is 3.20. The first-order chi connectivity index (χ1) is 16.9. The molecule has 1 heterocycles. The SMILES string of the molecule is COc1cnc(Br)cc1C1=C(N(C)[C@@H](C)[C@H](O)c2cc(C(F)(F)F)cc(C(F)(F)F)c2)CC(C)(C)CC1. The van der Waals surface area contributed by atoms with Crippen molar-refractivity contribution in [2.45, 2.75) is 64.5 Å². The van der Waals surface area contributed by atoms with Crippen LogP contribution in [0.5, 0.6) is 5.75 Å². The fraction of sp³-hybridized carbons (Fsp3) is 0.500. The summed E-state index contributed by atoms with van der Waals surface area (Å²) < 4.78 is 86.4. The maximum Gasteiger partial charge on any atom is 0.416 e. The third-order valence-electron chi connectivity index (χ3n) is 6.87. The third kappa shape index (κ3) is 6.60. The van der Waals surface area contributed by atoms with Gasteiger partial charge in [-0.05, 0) is 82.9 Å². The van der Waals surface area contributed by atoms with Gasteiger partial charge in [0.15, 0.2) is 0 Å². The molecule has 0 saturated heterocycles. The molecule has 1 aromatic carbocycles. The van der Waals surface area contributed by atoms with Gasteiger partial charge in [-0.2, -0.15) is 26.3 Å². The first-order valence-electron chi connectivity index (χ1n) is 11.6. The lowest BCUT2D eigenvalue weighted by atomic mass is 9.74. The minimum absolute atomic E-state index is 0.0580. The average Bonchev–Trinajstić information content (AvgIpc) is 2.80. The van der Waals surface area contributed by atoms with Crippen molar-refractivity contribution >= 4 is 21.5 Å². The average molecular weight is 595 g/mol. The highest BCUT2D eigenvalue weighted by Crippen LogP contribution is 2.47. The van der Waals surface area contributed by atoms with E-state index in [1.54, 1.807) is 25.1 Å². The molecular weight excluding hydrogens is 566 g/mol. The monoisotopic (exact) mass is 594 g/mol. The van der Waals surface area contributed by atoms with Crippen LogP contribution in [0.3, 0.4) is 0 Å². The molecule has 0 saturated carbocycles. The van der Waals surface area contributed by atoms with Crippen molar-refractivity contribution < 1.29 is 36.2 Å². The molecule has 0 unspecified atom stereocenters. The van der Waals surface area contributed by atoms with E-state index in [1.165, 1.54) is 7.11 Å². The Balaban J connectivity index is 2.09. The van der Waals surface area contributed by atoms with Gasteiger partial charge in [0.05, 0.1) is 36.6 Å². The van der Waals surface area contributed by atoms with Crippen molar-refractivity contribution in [2.24, 2.45) is 5.41 Å². The molecule has 1 aliphatic carbocycles. The highest BCUT2D eigenvalue weighted by Gasteiger charge is 2.39. The Morgan fingerprint density at radius 2 is 1.62 bits per heavy atom. The Kier molecular flexibility index (Phi) is 8.29. The van der Waals surface area contributed by atoms with Crippen LogP contribution in [0.15, 0.2) is 40.8 Å². The van der Waals surface area contributed by atoms with E-state index in [0.29, 0.717) is 35.3 Å². The number of likely N-dealkylation sites (N-methyl/N-ethyl adjacent to an activating group) is 1. The fourth-order valence-corrected chi connectivity index (χ4v) is 4.92. The number of rotatable bonds is 6. The van der Waals surface area contributed by atoms with E-state index in [9.17, 15) is 31.4 Å². The minimum Gasteiger partial charge on any atom is -0.494 e. The fourth-order valence-electron chi connectivity index (χ4n) is 4.59. The number of hydrogen-bond donors (Lipinski definition) is 1. The second-order valence-electron chi connectivity index (χ2n) is 10.1. The summed E-state index contributed by atoms with van der Waals surface area (Å²) in [5.74, 6) is 0.532. The summed E-state index contributed by atoms with van der Waals surface area (Å²) in [6, 6.07) is 2.17. The molecule has 11 heteroatoms. The summed E-state index contributed by atoms with van der Waals surface area (Å²) in [4.78, 5) is 5.93. The van der Waals surface area contributed by atoms with Gasteiger partial charge in [-0.15, -0.1) is 0 Å². The second-order valence-corrected chi connectivity index (χ2v) is 10.9. The van der Waals surface area contributed by atoms with E-state index < -0.39 is 41.2 Å². The zero-order chi connectivity index (χ0) is 27.9. The number of aliphatic hydroxyl groups is 1. The Bertz CT molecular complexity index is 1140. The number of halogens is 7. The van der Waals surface area contributed by atoms with Gasteiger partial charge in [-0.25, -0.2) is 4.98 Å². The molecule has 0 amide bonds. The number of pyridine rings is 1. The van der Waals surface area contributed by atoms with Crippen LogP contribution in [0, 0.1) is 5.41 Å². The van der Waals surface area contributed by atoms with E-state index in [1.807, 2.05) is 6.07 Å². The standard InChI is InChI=1S/C26H29BrF6N2O2/c1-14(23(36)15-8-16(25(28,29)30)10-17(9-15)26(31,32)33)35(4)20-12-24(2,3)7-6-18(20)19-11-22(27)34-13-21(19)37-5/h8-11,13-14,23,36H,6-7,12H2,1-5H3/t14-,23-/m0/s1. The minimum atomic E-state index is -5.00. The lowest BCUT2D eigenvalue weighted by molar-refractivity contribution is -0.143. The summed E-state index contributed by atoms with van der Waals surface area (Å²) in [6.45, 7) is 5.74. The van der Waals surface area contributed by atoms with E-state index in [2.05, 4.69) is 34.8 Å². The quantitative estimate of drug-likeness (QED) is 0.273. The van der Waals surface area contributed by atoms with Gasteiger partial charge in [-0.1, -0.05) is 13.8 Å². The Morgan fingerprint density at radius 3 is 2.14 bits per heavy atom. The molecule has 0 fully saturated rings. The molecule has 2 aromatic rings. The predicted octanol–water partition coefficient (Wildman–Crippen LogP) is 7.87. The lowest BCUT2D eigenvalue weighted by Gasteiger charge is -2.41. The number of methoxy groups -OCH3 is 1. The van der Waals surface area contributed by atoms with Crippen LogP contribution in [0.1, 0.15) is 68.4 Å². The number of aromatic nitrogens is 1. The van der Waals surface area contributed by atoms with Crippen molar-refractivity contribution in [3.05, 3.63) is 63.0 Å². The molecule has 0 spiro atoms. The number of hydrogen-bond acceptors (Lipinski definition) is 4. The first kappa shape index (κ1) is 29.3. The van der Waals surface area contributed by atoms with Gasteiger partial charge in [0.2, 0.25) is 0 Å². The van der Waals surface area contributed by atoms with E-state index >= 15 is 0 Å². The summed E-state index contributed by atoms with van der Waals surface area (Å²) in [6.07, 6.45) is -7.97. The number of alkyl halides is 6. The van der Waals surface area contributed by atoms with Gasteiger partial charge in [0.25, 0.3) is 0 Å². The lowest BCUT2D eigenvalue weighted by Crippen LogP contribution is -2.37. The second kappa shape index (κ2) is 10.5. The number of allylic oxidation sites excluding steroid dienone is 2. The van der Waals surface area contributed by atoms with E-state index in [0.717, 1.165) is 23.3 Å². The predicted molar refractivity (Wildman–Crippen MR) is 132 cm³/mol. The van der Waals surface area contributed by atoms with Crippen LogP contribution in [0.4, 0.5) is 26.3 Å². The van der Waals surface area contributed by atoms with Crippen molar-refractivity contribution in [2.75, 3.05) is 14.2 Å². The molecule has 37 heavy (non-hydrogen) atoms. The van der Waals surface area contributed by atoms with Crippen molar-refractivity contribution in [3.8, 4) is 5.75 Å². The van der Waals surface area contributed by atoms with Crippen molar-refractivity contribution in [1.29, 1.82) is 0 Å². The maximum atomic E-state index is 13.4. The van der Waals surface area contributed by atoms with Gasteiger partial charge in [0, 0.05) is 18.3 Å². The number of benzene rings is 1. The van der Waals surface area contributed by atoms with Gasteiger partial charge in [0.1, 0.15) is 10.4 Å². The number of aliphatic hydroxyl groups excluding tert-OH is 1.